The molecule has 0 spiro atoms. The third-order valence-electron chi connectivity index (χ3n) is 7.67. The first-order valence-electron chi connectivity index (χ1n) is 14.7. The molecule has 4 rings (SSSR count). The molecule has 2 heterocycles. The van der Waals surface area contributed by atoms with Gasteiger partial charge in [0.05, 0.1) is 5.56 Å². The minimum absolute atomic E-state index is 0.196. The van der Waals surface area contributed by atoms with Crippen molar-refractivity contribution in [3.63, 3.8) is 0 Å². The Kier molecular flexibility index (Phi) is 9.42. The largest absolute Gasteiger partial charge is 0.456 e. The molecule has 8 nitrogen and oxygen atoms in total. The third kappa shape index (κ3) is 8.32. The van der Waals surface area contributed by atoms with E-state index in [2.05, 4.69) is 10.6 Å². The lowest BCUT2D eigenvalue weighted by atomic mass is 9.72. The number of rotatable bonds is 5. The van der Waals surface area contributed by atoms with Gasteiger partial charge < -0.3 is 20.1 Å². The quantitative estimate of drug-likeness (QED) is 0.434. The van der Waals surface area contributed by atoms with Gasteiger partial charge in [-0.15, -0.1) is 0 Å². The Bertz CT molecular complexity index is 1190. The predicted octanol–water partition coefficient (Wildman–Crippen LogP) is 5.99. The lowest BCUT2D eigenvalue weighted by molar-refractivity contribution is -0.124. The van der Waals surface area contributed by atoms with Gasteiger partial charge in [-0.3, -0.25) is 9.69 Å². The van der Waals surface area contributed by atoms with E-state index in [-0.39, 0.29) is 17.7 Å². The van der Waals surface area contributed by atoms with Crippen LogP contribution >= 0.6 is 0 Å². The van der Waals surface area contributed by atoms with E-state index in [1.807, 2.05) is 71.9 Å². The monoisotopic (exact) mass is 563 g/mol. The maximum atomic E-state index is 14.1. The van der Waals surface area contributed by atoms with Crippen molar-refractivity contribution in [2.75, 3.05) is 25.0 Å². The van der Waals surface area contributed by atoms with Crippen LogP contribution in [0.15, 0.2) is 54.6 Å². The van der Waals surface area contributed by atoms with E-state index < -0.39 is 29.3 Å². The zero-order chi connectivity index (χ0) is 29.8. The summed E-state index contributed by atoms with van der Waals surface area (Å²) in [5, 5.41) is 6.46. The number of piperidine rings is 2. The standard InChI is InChI=1S/C33H45N3O5/c1-32(2,3)40-30(38)24-12-14-26(15-13-24)35-29(37)28-27(23-10-8-7-9-11-23)20-25(22-16-18-34-19-17-22)21-36(28)31(39)41-33(4,5)6/h7-15,22,25,27-28,34H,16-21H2,1-6H3,(H,35,37). The molecule has 0 aromatic heterocycles. The fourth-order valence-electron chi connectivity index (χ4n) is 5.86. The Morgan fingerprint density at radius 2 is 1.44 bits per heavy atom. The highest BCUT2D eigenvalue weighted by Crippen LogP contribution is 2.41. The first-order valence-corrected chi connectivity index (χ1v) is 14.7. The van der Waals surface area contributed by atoms with Crippen LogP contribution in [-0.4, -0.2) is 59.7 Å². The average Bonchev–Trinajstić information content (AvgIpc) is 2.92. The minimum Gasteiger partial charge on any atom is -0.456 e. The highest BCUT2D eigenvalue weighted by molar-refractivity contribution is 5.98. The molecule has 2 aromatic rings. The van der Waals surface area contributed by atoms with Gasteiger partial charge in [0.2, 0.25) is 5.91 Å². The van der Waals surface area contributed by atoms with Crippen molar-refractivity contribution in [2.45, 2.75) is 84.0 Å². The second-order valence-corrected chi connectivity index (χ2v) is 13.2. The number of nitrogens with one attached hydrogen (secondary N) is 2. The summed E-state index contributed by atoms with van der Waals surface area (Å²) in [5.41, 5.74) is 0.672. The normalized spacial score (nSPS) is 22.1. The summed E-state index contributed by atoms with van der Waals surface area (Å²) in [4.78, 5) is 41.9. The Morgan fingerprint density at radius 3 is 2.02 bits per heavy atom. The fraction of sp³-hybridized carbons (Fsp3) is 0.545. The summed E-state index contributed by atoms with van der Waals surface area (Å²) in [6.45, 7) is 13.4. The van der Waals surface area contributed by atoms with Crippen molar-refractivity contribution in [1.29, 1.82) is 0 Å². The number of amides is 2. The van der Waals surface area contributed by atoms with E-state index in [1.54, 1.807) is 29.2 Å². The molecule has 2 amide bonds. The van der Waals surface area contributed by atoms with Gasteiger partial charge in [-0.2, -0.15) is 0 Å². The second-order valence-electron chi connectivity index (χ2n) is 13.2. The summed E-state index contributed by atoms with van der Waals surface area (Å²) in [6, 6.07) is 15.9. The number of ether oxygens (including phenoxy) is 2. The summed E-state index contributed by atoms with van der Waals surface area (Å²) in [5.74, 6) is -0.174. The average molecular weight is 564 g/mol. The predicted molar refractivity (Wildman–Crippen MR) is 160 cm³/mol. The van der Waals surface area contributed by atoms with Gasteiger partial charge in [0.25, 0.3) is 0 Å². The number of nitrogens with zero attached hydrogens (tertiary/aromatic N) is 1. The third-order valence-corrected chi connectivity index (χ3v) is 7.67. The van der Waals surface area contributed by atoms with Crippen molar-refractivity contribution in [3.05, 3.63) is 65.7 Å². The van der Waals surface area contributed by atoms with Gasteiger partial charge in [0.1, 0.15) is 17.2 Å². The van der Waals surface area contributed by atoms with Crippen molar-refractivity contribution < 1.29 is 23.9 Å². The minimum atomic E-state index is -0.754. The van der Waals surface area contributed by atoms with Gasteiger partial charge >= 0.3 is 12.1 Å². The summed E-state index contributed by atoms with van der Waals surface area (Å²) < 4.78 is 11.3. The zero-order valence-electron chi connectivity index (χ0n) is 25.2. The number of anilines is 1. The van der Waals surface area contributed by atoms with Crippen molar-refractivity contribution >= 4 is 23.7 Å². The molecular formula is C33H45N3O5. The van der Waals surface area contributed by atoms with Crippen LogP contribution in [0.1, 0.15) is 82.6 Å². The highest BCUT2D eigenvalue weighted by Gasteiger charge is 2.46. The highest BCUT2D eigenvalue weighted by atomic mass is 16.6. The molecule has 3 unspecified atom stereocenters. The van der Waals surface area contributed by atoms with Gasteiger partial charge in [-0.1, -0.05) is 30.3 Å². The smallest absolute Gasteiger partial charge is 0.411 e. The number of benzene rings is 2. The maximum absolute atomic E-state index is 14.1. The molecule has 3 atom stereocenters. The molecule has 0 radical (unpaired) electrons. The Morgan fingerprint density at radius 1 is 0.829 bits per heavy atom. The van der Waals surface area contributed by atoms with Crippen LogP contribution < -0.4 is 10.6 Å². The molecule has 41 heavy (non-hydrogen) atoms. The van der Waals surface area contributed by atoms with Crippen LogP contribution in [0.3, 0.4) is 0 Å². The fourth-order valence-corrected chi connectivity index (χ4v) is 5.86. The maximum Gasteiger partial charge on any atom is 0.411 e. The number of carbonyl (C=O) groups excluding carboxylic acids is 3. The lowest BCUT2D eigenvalue weighted by Gasteiger charge is -2.46. The van der Waals surface area contributed by atoms with E-state index in [1.165, 1.54) is 0 Å². The Labute approximate surface area is 244 Å². The first kappa shape index (κ1) is 30.6. The molecule has 2 saturated heterocycles. The lowest BCUT2D eigenvalue weighted by Crippen LogP contribution is -2.58. The number of hydrogen-bond acceptors (Lipinski definition) is 6. The van der Waals surface area contributed by atoms with Gasteiger partial charge in [0.15, 0.2) is 0 Å². The van der Waals surface area contributed by atoms with E-state index in [0.29, 0.717) is 23.7 Å². The molecule has 8 heteroatoms. The molecule has 0 saturated carbocycles. The van der Waals surface area contributed by atoms with Crippen LogP contribution in [0.2, 0.25) is 0 Å². The first-order chi connectivity index (χ1) is 19.3. The number of hydrogen-bond donors (Lipinski definition) is 2. The van der Waals surface area contributed by atoms with Crippen LogP contribution in [-0.2, 0) is 14.3 Å². The number of likely N-dealkylation sites (tertiary alicyclic amines) is 1. The molecule has 2 aromatic carbocycles. The van der Waals surface area contributed by atoms with E-state index in [0.717, 1.165) is 37.9 Å². The zero-order valence-corrected chi connectivity index (χ0v) is 25.2. The van der Waals surface area contributed by atoms with Crippen LogP contribution in [0.4, 0.5) is 10.5 Å². The molecule has 0 aliphatic carbocycles. The van der Waals surface area contributed by atoms with E-state index >= 15 is 0 Å². The summed E-state index contributed by atoms with van der Waals surface area (Å²) in [6.07, 6.45) is 2.44. The SMILES string of the molecule is CC(C)(C)OC(=O)c1ccc(NC(=O)C2C(c3ccccc3)CC(C3CCNCC3)CN2C(=O)OC(C)(C)C)cc1. The molecular weight excluding hydrogens is 518 g/mol. The van der Waals surface area contributed by atoms with Crippen LogP contribution in [0.5, 0.6) is 0 Å². The summed E-state index contributed by atoms with van der Waals surface area (Å²) in [7, 11) is 0. The van der Waals surface area contributed by atoms with Crippen molar-refractivity contribution in [1.82, 2.24) is 10.2 Å². The molecule has 0 bridgehead atoms. The van der Waals surface area contributed by atoms with Gasteiger partial charge in [0, 0.05) is 18.2 Å². The molecule has 2 aliphatic heterocycles. The number of esters is 1. The molecule has 2 aliphatic rings. The Hall–Kier alpha value is -3.39. The van der Waals surface area contributed by atoms with E-state index in [4.69, 9.17) is 9.47 Å². The van der Waals surface area contributed by atoms with Crippen molar-refractivity contribution in [3.8, 4) is 0 Å². The second kappa shape index (κ2) is 12.6. The number of carbonyl (C=O) groups is 3. The molecule has 222 valence electrons. The Balaban J connectivity index is 1.63. The van der Waals surface area contributed by atoms with Crippen LogP contribution in [0.25, 0.3) is 0 Å². The summed E-state index contributed by atoms with van der Waals surface area (Å²) >= 11 is 0. The van der Waals surface area contributed by atoms with Gasteiger partial charge in [-0.05, 0) is 116 Å². The van der Waals surface area contributed by atoms with Gasteiger partial charge in [-0.25, -0.2) is 9.59 Å². The molecule has 2 fully saturated rings. The van der Waals surface area contributed by atoms with Crippen LogP contribution in [0, 0.1) is 11.8 Å². The molecule has 2 N–H and O–H groups in total. The van der Waals surface area contributed by atoms with Crippen molar-refractivity contribution in [2.24, 2.45) is 11.8 Å². The topological polar surface area (TPSA) is 97.0 Å². The van der Waals surface area contributed by atoms with E-state index in [9.17, 15) is 14.4 Å².